The minimum absolute atomic E-state index is 0.0198. The molecule has 16 nitrogen and oxygen atoms in total. The molecular weight excluding hydrogens is 930 g/mol. The normalized spacial score (nSPS) is 17.5. The molecule has 0 saturated carbocycles. The number of hydrogen-bond donors (Lipinski definition) is 2. The van der Waals surface area contributed by atoms with Crippen LogP contribution in [0, 0.1) is 0 Å². The Labute approximate surface area is 417 Å². The van der Waals surface area contributed by atoms with Gasteiger partial charge in [-0.1, -0.05) is 43.3 Å². The average Bonchev–Trinajstić information content (AvgIpc) is 3.96. The van der Waals surface area contributed by atoms with Gasteiger partial charge < -0.3 is 24.1 Å². The van der Waals surface area contributed by atoms with Gasteiger partial charge in [0.15, 0.2) is 0 Å². The number of ether oxygens (including phenoxy) is 2. The van der Waals surface area contributed by atoms with Crippen LogP contribution in [0.4, 0.5) is 18.9 Å². The van der Waals surface area contributed by atoms with Gasteiger partial charge in [0.2, 0.25) is 5.91 Å². The predicted molar refractivity (Wildman–Crippen MR) is 269 cm³/mol. The van der Waals surface area contributed by atoms with Crippen LogP contribution in [0.2, 0.25) is 0 Å². The summed E-state index contributed by atoms with van der Waals surface area (Å²) >= 11 is 0. The Morgan fingerprint density at radius 2 is 1.64 bits per heavy atom. The monoisotopic (exact) mass is 995 g/mol. The van der Waals surface area contributed by atoms with E-state index in [0.29, 0.717) is 69.1 Å². The van der Waals surface area contributed by atoms with Gasteiger partial charge in [0.25, 0.3) is 0 Å². The minimum atomic E-state index is -4.66. The Morgan fingerprint density at radius 1 is 0.903 bits per heavy atom. The summed E-state index contributed by atoms with van der Waals surface area (Å²) in [5.74, 6) is -0.190. The first-order chi connectivity index (χ1) is 34.8. The molecule has 3 aliphatic heterocycles. The second-order valence-electron chi connectivity index (χ2n) is 19.1. The molecule has 3 aromatic carbocycles. The number of pyridine rings is 1. The van der Waals surface area contributed by atoms with E-state index in [2.05, 4.69) is 54.9 Å². The van der Waals surface area contributed by atoms with E-state index in [0.717, 1.165) is 84.9 Å². The lowest BCUT2D eigenvalue weighted by Crippen LogP contribution is -2.46. The Kier molecular flexibility index (Phi) is 17.2. The zero-order valence-corrected chi connectivity index (χ0v) is 41.2. The molecule has 2 aromatic heterocycles. The molecule has 72 heavy (non-hydrogen) atoms. The van der Waals surface area contributed by atoms with Crippen molar-refractivity contribution in [2.45, 2.75) is 89.6 Å². The molecule has 2 N–H and O–H groups in total. The van der Waals surface area contributed by atoms with Crippen molar-refractivity contribution in [3.63, 3.8) is 0 Å². The number of amides is 1. The van der Waals surface area contributed by atoms with Crippen LogP contribution < -0.4 is 21.4 Å². The summed E-state index contributed by atoms with van der Waals surface area (Å²) in [5.41, 5.74) is 10.8. The molecule has 0 aliphatic carbocycles. The molecule has 0 radical (unpaired) electrons. The SMILES string of the molecule is C[C@H](c1cccc(-n2cc3c(C(F)(F)F)cc(CN4CCC(OCCOCc5ccc(CN6CCN(c7ccc(C=O)c(CN(C)NC(=O)CCCC=O)c7)CC6)cc5)CC4)cn3c2=O)c1)C1NN=CN1C. The van der Waals surface area contributed by atoms with E-state index >= 15 is 0 Å². The summed E-state index contributed by atoms with van der Waals surface area (Å²) in [6.07, 6.45) is 3.99. The number of aromatic nitrogens is 2. The van der Waals surface area contributed by atoms with Gasteiger partial charge in [-0.05, 0) is 83.5 Å². The largest absolute Gasteiger partial charge is 0.418 e. The topological polar surface area (TPSA) is 149 Å². The number of hydrazine groups is 1. The number of halogens is 3. The van der Waals surface area contributed by atoms with Gasteiger partial charge in [0.1, 0.15) is 25.1 Å². The number of unbranched alkanes of at least 4 members (excludes halogenated alkanes) is 1. The number of nitrogens with one attached hydrogen (secondary N) is 2. The van der Waals surface area contributed by atoms with Gasteiger partial charge in [0, 0.05) is 115 Å². The van der Waals surface area contributed by atoms with Crippen LogP contribution >= 0.6 is 0 Å². The number of fused-ring (bicyclic) bond motifs is 1. The molecule has 5 heterocycles. The number of rotatable bonds is 22. The number of hydrazone groups is 1. The number of anilines is 1. The van der Waals surface area contributed by atoms with Crippen molar-refractivity contribution in [3.8, 4) is 5.69 Å². The van der Waals surface area contributed by atoms with Crippen molar-refractivity contribution in [1.82, 2.24) is 39.5 Å². The molecule has 0 bridgehead atoms. The number of piperidine rings is 1. The first kappa shape index (κ1) is 52.0. The average molecular weight is 995 g/mol. The van der Waals surface area contributed by atoms with Gasteiger partial charge in [-0.3, -0.25) is 39.2 Å². The van der Waals surface area contributed by atoms with Crippen molar-refractivity contribution in [3.05, 3.63) is 135 Å². The molecule has 1 unspecified atom stereocenters. The van der Waals surface area contributed by atoms with Gasteiger partial charge in [-0.15, -0.1) is 0 Å². The highest BCUT2D eigenvalue weighted by molar-refractivity contribution is 5.79. The highest BCUT2D eigenvalue weighted by Gasteiger charge is 2.35. The minimum Gasteiger partial charge on any atom is -0.376 e. The van der Waals surface area contributed by atoms with Gasteiger partial charge in [0.05, 0.1) is 42.7 Å². The number of nitrogens with zero attached hydrogens (tertiary/aromatic N) is 8. The summed E-state index contributed by atoms with van der Waals surface area (Å²) in [5, 5.41) is 5.79. The first-order valence-electron chi connectivity index (χ1n) is 24.7. The van der Waals surface area contributed by atoms with E-state index in [1.807, 2.05) is 55.3 Å². The van der Waals surface area contributed by atoms with Crippen LogP contribution in [0.15, 0.2) is 95.1 Å². The fourth-order valence-electron chi connectivity index (χ4n) is 9.78. The number of alkyl halides is 3. The number of likely N-dealkylation sites (tertiary alicyclic amines) is 1. The number of piperazine rings is 1. The molecule has 3 aliphatic rings. The number of hydrogen-bond acceptors (Lipinski definition) is 13. The second kappa shape index (κ2) is 23.9. The molecule has 5 aromatic rings. The van der Waals surface area contributed by atoms with Crippen molar-refractivity contribution in [2.24, 2.45) is 5.10 Å². The smallest absolute Gasteiger partial charge is 0.376 e. The molecular formula is C53H65F3N10O6. The number of carbonyl (C=O) groups is 3. The van der Waals surface area contributed by atoms with Crippen LogP contribution in [0.3, 0.4) is 0 Å². The van der Waals surface area contributed by atoms with E-state index in [-0.39, 0.29) is 42.6 Å². The maximum Gasteiger partial charge on any atom is 0.418 e. The molecule has 1 amide bonds. The Balaban J connectivity index is 0.747. The fourth-order valence-corrected chi connectivity index (χ4v) is 9.78. The lowest BCUT2D eigenvalue weighted by Gasteiger charge is -2.36. The highest BCUT2D eigenvalue weighted by Crippen LogP contribution is 2.34. The summed E-state index contributed by atoms with van der Waals surface area (Å²) in [6.45, 7) is 9.57. The first-order valence-corrected chi connectivity index (χ1v) is 24.7. The summed E-state index contributed by atoms with van der Waals surface area (Å²) in [4.78, 5) is 57.2. The molecule has 2 fully saturated rings. The number of aldehydes is 2. The number of likely N-dealkylation sites (N-methyl/N-ethyl adjacent to an activating group) is 1. The lowest BCUT2D eigenvalue weighted by atomic mass is 9.97. The van der Waals surface area contributed by atoms with Crippen molar-refractivity contribution in [2.75, 3.05) is 71.5 Å². The number of carbonyl (C=O) groups excluding carboxylic acids is 3. The Bertz CT molecular complexity index is 2730. The van der Waals surface area contributed by atoms with E-state index in [1.54, 1.807) is 24.5 Å². The third-order valence-electron chi connectivity index (χ3n) is 13.8. The second-order valence-corrected chi connectivity index (χ2v) is 19.1. The van der Waals surface area contributed by atoms with Crippen molar-refractivity contribution >= 4 is 36.0 Å². The third kappa shape index (κ3) is 13.2. The molecule has 2 saturated heterocycles. The van der Waals surface area contributed by atoms with Crippen LogP contribution in [-0.2, 0) is 51.5 Å². The van der Waals surface area contributed by atoms with Crippen LogP contribution in [0.5, 0.6) is 0 Å². The summed E-state index contributed by atoms with van der Waals surface area (Å²) < 4.78 is 58.1. The van der Waals surface area contributed by atoms with Crippen LogP contribution in [-0.4, -0.2) is 132 Å². The van der Waals surface area contributed by atoms with E-state index in [4.69, 9.17) is 9.47 Å². The highest BCUT2D eigenvalue weighted by atomic mass is 19.4. The van der Waals surface area contributed by atoms with E-state index in [9.17, 15) is 32.3 Å². The Hall–Kier alpha value is -6.38. The van der Waals surface area contributed by atoms with Crippen LogP contribution in [0.1, 0.15) is 88.7 Å². The van der Waals surface area contributed by atoms with E-state index in [1.165, 1.54) is 28.6 Å². The predicted octanol–water partition coefficient (Wildman–Crippen LogP) is 6.18. The molecule has 19 heteroatoms. The maximum absolute atomic E-state index is 14.5. The number of imidazole rings is 1. The third-order valence-corrected chi connectivity index (χ3v) is 13.8. The van der Waals surface area contributed by atoms with Gasteiger partial charge in [-0.25, -0.2) is 9.80 Å². The molecule has 0 spiro atoms. The van der Waals surface area contributed by atoms with Crippen LogP contribution in [0.25, 0.3) is 11.2 Å². The lowest BCUT2D eigenvalue weighted by molar-refractivity contribution is -0.136. The summed E-state index contributed by atoms with van der Waals surface area (Å²) in [7, 11) is 3.67. The summed E-state index contributed by atoms with van der Waals surface area (Å²) in [6, 6.07) is 22.8. The zero-order valence-electron chi connectivity index (χ0n) is 41.2. The van der Waals surface area contributed by atoms with Gasteiger partial charge in [-0.2, -0.15) is 18.3 Å². The number of benzene rings is 3. The van der Waals surface area contributed by atoms with Crippen molar-refractivity contribution < 1.29 is 37.0 Å². The molecule has 384 valence electrons. The zero-order chi connectivity index (χ0) is 50.8. The van der Waals surface area contributed by atoms with Gasteiger partial charge >= 0.3 is 11.9 Å². The van der Waals surface area contributed by atoms with E-state index < -0.39 is 17.4 Å². The maximum atomic E-state index is 14.5. The van der Waals surface area contributed by atoms with Crippen molar-refractivity contribution in [1.29, 1.82) is 0 Å². The standard InChI is InChI=1S/C53H65F3N10O6/c1-38(51-58-57-37-60(51)2)42-7-6-8-46(28-42)65-34-49-48(53(54,55)56)27-41(32-66(49)52(65)70)31-62-18-16-47(17-19-62)72-26-25-71-36-40-12-10-39(11-13-40)30-63-20-22-64(23-21-63)45-15-14-43(35-68)44(29-45)33-61(3)59-50(69)9-4-5-24-67/h6-8,10-15,24,27-29,32,34-35,37-38,47,51,58H,4-5,9,16-23,25-26,30-31,33,36H2,1-3H3,(H,59,69)/t38-,51?/m1/s1. The fraction of sp³-hybridized carbons (Fsp3) is 0.453. The Morgan fingerprint density at radius 3 is 2.35 bits per heavy atom. The molecule has 8 rings (SSSR count). The quantitative estimate of drug-likeness (QED) is 0.0464. The molecule has 2 atom stereocenters.